The Bertz CT molecular complexity index is 446. The Morgan fingerprint density at radius 2 is 1.79 bits per heavy atom. The van der Waals surface area contributed by atoms with Crippen LogP contribution in [0, 0.1) is 0 Å². The molecule has 0 fully saturated rings. The van der Waals surface area contributed by atoms with Crippen molar-refractivity contribution >= 4 is 9.84 Å². The molecule has 0 aliphatic heterocycles. The van der Waals surface area contributed by atoms with Gasteiger partial charge in [-0.1, -0.05) is 30.3 Å². The molecule has 4 nitrogen and oxygen atoms in total. The number of hydrogen-bond donors (Lipinski definition) is 2. The van der Waals surface area contributed by atoms with E-state index in [4.69, 9.17) is 5.84 Å². The predicted octanol–water partition coefficient (Wildman–Crippen LogP) is 1.67. The molecule has 1 rings (SSSR count). The normalized spacial score (nSPS) is 13.4. The van der Waals surface area contributed by atoms with Gasteiger partial charge in [-0.3, -0.25) is 11.3 Å². The standard InChI is InChI=1S/C14H24N2O2S/c1-19(17,18)12-6-11-14(16-15)10-5-9-13-7-3-2-4-8-13/h2-4,7-8,14,16H,5-6,9-12,15H2,1H3. The van der Waals surface area contributed by atoms with Crippen molar-refractivity contribution in [1.82, 2.24) is 5.43 Å². The molecule has 0 amide bonds. The number of rotatable bonds is 9. The Morgan fingerprint density at radius 1 is 1.16 bits per heavy atom. The van der Waals surface area contributed by atoms with E-state index in [-0.39, 0.29) is 11.8 Å². The minimum atomic E-state index is -2.86. The van der Waals surface area contributed by atoms with E-state index in [1.54, 1.807) is 0 Å². The molecular formula is C14H24N2O2S. The molecular weight excluding hydrogens is 260 g/mol. The van der Waals surface area contributed by atoms with Crippen molar-refractivity contribution in [2.24, 2.45) is 5.84 Å². The van der Waals surface area contributed by atoms with E-state index in [1.165, 1.54) is 11.8 Å². The fourth-order valence-corrected chi connectivity index (χ4v) is 2.79. The number of nitrogens with one attached hydrogen (secondary N) is 1. The monoisotopic (exact) mass is 284 g/mol. The first-order valence-corrected chi connectivity index (χ1v) is 8.75. The van der Waals surface area contributed by atoms with Crippen molar-refractivity contribution < 1.29 is 8.42 Å². The lowest BCUT2D eigenvalue weighted by Crippen LogP contribution is -2.35. The average molecular weight is 284 g/mol. The zero-order valence-electron chi connectivity index (χ0n) is 11.5. The first kappa shape index (κ1) is 16.1. The van der Waals surface area contributed by atoms with Crippen molar-refractivity contribution in [2.45, 2.75) is 38.1 Å². The molecule has 0 saturated heterocycles. The first-order valence-electron chi connectivity index (χ1n) is 6.69. The van der Waals surface area contributed by atoms with E-state index in [0.717, 1.165) is 25.7 Å². The molecule has 3 N–H and O–H groups in total. The highest BCUT2D eigenvalue weighted by Crippen LogP contribution is 2.10. The summed E-state index contributed by atoms with van der Waals surface area (Å²) >= 11 is 0. The van der Waals surface area contributed by atoms with Gasteiger partial charge in [0.25, 0.3) is 0 Å². The third-order valence-corrected chi connectivity index (χ3v) is 4.19. The molecule has 1 aromatic rings. The molecule has 0 bridgehead atoms. The lowest BCUT2D eigenvalue weighted by atomic mass is 10.0. The molecule has 0 saturated carbocycles. The van der Waals surface area contributed by atoms with Crippen molar-refractivity contribution in [3.05, 3.63) is 35.9 Å². The second kappa shape index (κ2) is 8.30. The van der Waals surface area contributed by atoms with Gasteiger partial charge in [0.05, 0.1) is 0 Å². The fraction of sp³-hybridized carbons (Fsp3) is 0.571. The number of hydrogen-bond acceptors (Lipinski definition) is 4. The lowest BCUT2D eigenvalue weighted by Gasteiger charge is -2.15. The molecule has 108 valence electrons. The summed E-state index contributed by atoms with van der Waals surface area (Å²) in [4.78, 5) is 0. The van der Waals surface area contributed by atoms with Crippen LogP contribution in [0.3, 0.4) is 0 Å². The zero-order valence-corrected chi connectivity index (χ0v) is 12.3. The highest BCUT2D eigenvalue weighted by Gasteiger charge is 2.09. The maximum Gasteiger partial charge on any atom is 0.147 e. The molecule has 5 heteroatoms. The van der Waals surface area contributed by atoms with Gasteiger partial charge in [0.15, 0.2) is 0 Å². The summed E-state index contributed by atoms with van der Waals surface area (Å²) in [6.07, 6.45) is 5.79. The molecule has 1 aromatic carbocycles. The van der Waals surface area contributed by atoms with Crippen molar-refractivity contribution in [1.29, 1.82) is 0 Å². The van der Waals surface area contributed by atoms with Crippen LogP contribution in [0.4, 0.5) is 0 Å². The van der Waals surface area contributed by atoms with Gasteiger partial charge in [0.1, 0.15) is 9.84 Å². The number of hydrazine groups is 1. The smallest absolute Gasteiger partial charge is 0.147 e. The summed E-state index contributed by atoms with van der Waals surface area (Å²) in [6.45, 7) is 0. The molecule has 19 heavy (non-hydrogen) atoms. The maximum absolute atomic E-state index is 11.0. The van der Waals surface area contributed by atoms with Crippen LogP contribution >= 0.6 is 0 Å². The van der Waals surface area contributed by atoms with Crippen LogP contribution in [0.1, 0.15) is 31.2 Å². The maximum atomic E-state index is 11.0. The molecule has 0 spiro atoms. The van der Waals surface area contributed by atoms with E-state index in [9.17, 15) is 8.42 Å². The molecule has 0 heterocycles. The SMILES string of the molecule is CS(=O)(=O)CCCC(CCCc1ccccc1)NN. The van der Waals surface area contributed by atoms with Crippen LogP contribution in [0.25, 0.3) is 0 Å². The first-order chi connectivity index (χ1) is 9.01. The Kier molecular flexibility index (Phi) is 7.05. The second-order valence-electron chi connectivity index (χ2n) is 5.01. The van der Waals surface area contributed by atoms with E-state index in [2.05, 4.69) is 17.6 Å². The van der Waals surface area contributed by atoms with Crippen LogP contribution < -0.4 is 11.3 Å². The fourth-order valence-electron chi connectivity index (χ4n) is 2.10. The van der Waals surface area contributed by atoms with Crippen LogP contribution in [0.5, 0.6) is 0 Å². The van der Waals surface area contributed by atoms with Crippen molar-refractivity contribution in [3.63, 3.8) is 0 Å². The Balaban J connectivity index is 2.22. The van der Waals surface area contributed by atoms with E-state index >= 15 is 0 Å². The number of sulfone groups is 1. The Morgan fingerprint density at radius 3 is 2.37 bits per heavy atom. The van der Waals surface area contributed by atoms with Gasteiger partial charge in [0, 0.05) is 18.1 Å². The molecule has 0 aromatic heterocycles. The van der Waals surface area contributed by atoms with Gasteiger partial charge in [-0.25, -0.2) is 8.42 Å². The summed E-state index contributed by atoms with van der Waals surface area (Å²) in [6, 6.07) is 10.5. The largest absolute Gasteiger partial charge is 0.271 e. The minimum Gasteiger partial charge on any atom is -0.271 e. The Labute approximate surface area is 116 Å². The average Bonchev–Trinajstić information content (AvgIpc) is 2.37. The highest BCUT2D eigenvalue weighted by molar-refractivity contribution is 7.90. The number of nitrogens with two attached hydrogens (primary N) is 1. The van der Waals surface area contributed by atoms with Gasteiger partial charge >= 0.3 is 0 Å². The van der Waals surface area contributed by atoms with Gasteiger partial charge in [-0.05, 0) is 37.7 Å². The molecule has 0 aliphatic rings. The predicted molar refractivity (Wildman–Crippen MR) is 79.4 cm³/mol. The summed E-state index contributed by atoms with van der Waals surface area (Å²) < 4.78 is 22.1. The quantitative estimate of drug-likeness (QED) is 0.534. The van der Waals surface area contributed by atoms with E-state index in [1.807, 2.05) is 18.2 Å². The molecule has 0 aliphatic carbocycles. The topological polar surface area (TPSA) is 72.2 Å². The van der Waals surface area contributed by atoms with Gasteiger partial charge < -0.3 is 0 Å². The van der Waals surface area contributed by atoms with Crippen LogP contribution in [0.15, 0.2) is 30.3 Å². The highest BCUT2D eigenvalue weighted by atomic mass is 32.2. The second-order valence-corrected chi connectivity index (χ2v) is 7.27. The summed E-state index contributed by atoms with van der Waals surface area (Å²) in [7, 11) is -2.86. The third-order valence-electron chi connectivity index (χ3n) is 3.16. The zero-order chi connectivity index (χ0) is 14.1. The van der Waals surface area contributed by atoms with Gasteiger partial charge in [-0.15, -0.1) is 0 Å². The van der Waals surface area contributed by atoms with Crippen LogP contribution in [-0.2, 0) is 16.3 Å². The lowest BCUT2D eigenvalue weighted by molar-refractivity contribution is 0.447. The summed E-state index contributed by atoms with van der Waals surface area (Å²) in [5.74, 6) is 5.74. The van der Waals surface area contributed by atoms with Crippen LogP contribution in [0.2, 0.25) is 0 Å². The molecule has 0 radical (unpaired) electrons. The minimum absolute atomic E-state index is 0.200. The van der Waals surface area contributed by atoms with Crippen molar-refractivity contribution in [2.75, 3.05) is 12.0 Å². The van der Waals surface area contributed by atoms with Gasteiger partial charge in [-0.2, -0.15) is 0 Å². The van der Waals surface area contributed by atoms with E-state index < -0.39 is 9.84 Å². The van der Waals surface area contributed by atoms with Gasteiger partial charge in [0.2, 0.25) is 0 Å². The number of aryl methyl sites for hydroxylation is 1. The van der Waals surface area contributed by atoms with E-state index in [0.29, 0.717) is 6.42 Å². The van der Waals surface area contributed by atoms with Crippen LogP contribution in [-0.4, -0.2) is 26.5 Å². The Hall–Kier alpha value is -0.910. The third kappa shape index (κ3) is 7.97. The molecule has 1 unspecified atom stereocenters. The summed E-state index contributed by atoms with van der Waals surface area (Å²) in [5, 5.41) is 0. The number of benzene rings is 1. The van der Waals surface area contributed by atoms with Crippen molar-refractivity contribution in [3.8, 4) is 0 Å². The molecule has 1 atom stereocenters. The summed E-state index contributed by atoms with van der Waals surface area (Å²) in [5.41, 5.74) is 4.11.